The van der Waals surface area contributed by atoms with Crippen LogP contribution in [-0.4, -0.2) is 28.9 Å². The number of carbonyl (C=O) groups excluding carboxylic acids is 2. The van der Waals surface area contributed by atoms with Gasteiger partial charge in [0.25, 0.3) is 11.8 Å². The van der Waals surface area contributed by atoms with Crippen molar-refractivity contribution in [3.63, 3.8) is 0 Å². The average Bonchev–Trinajstić information content (AvgIpc) is 3.02. The number of furan rings is 1. The summed E-state index contributed by atoms with van der Waals surface area (Å²) in [5, 5.41) is 13.7. The number of nitrogens with one attached hydrogen (secondary N) is 2. The highest BCUT2D eigenvalue weighted by Gasteiger charge is 2.20. The number of carbonyl (C=O) groups is 3. The van der Waals surface area contributed by atoms with Crippen molar-refractivity contribution in [1.82, 2.24) is 10.6 Å². The van der Waals surface area contributed by atoms with E-state index in [9.17, 15) is 14.4 Å². The molecule has 2 amide bonds. The van der Waals surface area contributed by atoms with Crippen molar-refractivity contribution < 1.29 is 23.9 Å². The molecule has 1 aromatic heterocycles. The first kappa shape index (κ1) is 19.9. The first-order valence-corrected chi connectivity index (χ1v) is 8.92. The summed E-state index contributed by atoms with van der Waals surface area (Å²) in [5.74, 6) is -2.57. The second kappa shape index (κ2) is 8.81. The topological polar surface area (TPSA) is 109 Å². The molecule has 1 aromatic carbocycles. The van der Waals surface area contributed by atoms with Crippen LogP contribution in [0.4, 0.5) is 0 Å². The highest BCUT2D eigenvalue weighted by atomic mass is 79.9. The van der Waals surface area contributed by atoms with E-state index in [1.165, 1.54) is 19.1 Å². The Morgan fingerprint density at radius 3 is 2.31 bits per heavy atom. The normalized spacial score (nSPS) is 12.3. The molecule has 0 saturated carbocycles. The molecule has 26 heavy (non-hydrogen) atoms. The lowest BCUT2D eigenvalue weighted by molar-refractivity contribution is -0.140. The van der Waals surface area contributed by atoms with Crippen LogP contribution in [0.5, 0.6) is 0 Å². The third-order valence-corrected chi connectivity index (χ3v) is 4.14. The molecule has 2 rings (SSSR count). The number of rotatable bonds is 6. The Labute approximate surface area is 165 Å². The van der Waals surface area contributed by atoms with Crippen molar-refractivity contribution in [3.05, 3.63) is 62.6 Å². The van der Waals surface area contributed by atoms with Crippen molar-refractivity contribution in [1.29, 1.82) is 0 Å². The zero-order valence-corrected chi connectivity index (χ0v) is 16.6. The largest absolute Gasteiger partial charge is 0.480 e. The van der Waals surface area contributed by atoms with Crippen molar-refractivity contribution >= 4 is 55.7 Å². The number of halogens is 2. The fourth-order valence-electron chi connectivity index (χ4n) is 1.84. The molecule has 0 spiro atoms. The van der Waals surface area contributed by atoms with E-state index >= 15 is 0 Å². The highest BCUT2D eigenvalue weighted by Crippen LogP contribution is 2.16. The maximum atomic E-state index is 12.4. The van der Waals surface area contributed by atoms with Gasteiger partial charge in [0.1, 0.15) is 11.7 Å². The Morgan fingerprint density at radius 1 is 1.12 bits per heavy atom. The Balaban J connectivity index is 2.28. The molecule has 136 valence electrons. The summed E-state index contributed by atoms with van der Waals surface area (Å²) >= 11 is 6.41. The molecule has 0 aliphatic carbocycles. The molecule has 0 fully saturated rings. The minimum absolute atomic E-state index is 0.00216. The Kier molecular flexibility index (Phi) is 6.76. The van der Waals surface area contributed by atoms with E-state index in [2.05, 4.69) is 42.5 Å². The zero-order valence-electron chi connectivity index (χ0n) is 13.5. The molecule has 0 unspecified atom stereocenters. The predicted molar refractivity (Wildman–Crippen MR) is 101 cm³/mol. The van der Waals surface area contributed by atoms with Gasteiger partial charge in [0.2, 0.25) is 0 Å². The molecule has 3 N–H and O–H groups in total. The van der Waals surface area contributed by atoms with Crippen LogP contribution in [0.1, 0.15) is 23.0 Å². The average molecular weight is 486 g/mol. The molecule has 0 saturated heterocycles. The maximum absolute atomic E-state index is 12.4. The van der Waals surface area contributed by atoms with E-state index < -0.39 is 23.8 Å². The lowest BCUT2D eigenvalue weighted by Crippen LogP contribution is -2.42. The quantitative estimate of drug-likeness (QED) is 0.544. The minimum Gasteiger partial charge on any atom is -0.480 e. The van der Waals surface area contributed by atoms with E-state index in [-0.39, 0.29) is 11.5 Å². The van der Waals surface area contributed by atoms with Gasteiger partial charge in [-0.25, -0.2) is 0 Å². The SMILES string of the molecule is C[C@H](NC(=O)C(=Cc1ccc(Br)cc1)NC(=O)c1ccc(Br)o1)C(=O)O. The van der Waals surface area contributed by atoms with E-state index in [0.717, 1.165) is 4.47 Å². The molecule has 0 aliphatic rings. The van der Waals surface area contributed by atoms with Gasteiger partial charge in [-0.05, 0) is 58.8 Å². The summed E-state index contributed by atoms with van der Waals surface area (Å²) < 4.78 is 6.37. The van der Waals surface area contributed by atoms with Crippen molar-refractivity contribution in [2.75, 3.05) is 0 Å². The summed E-state index contributed by atoms with van der Waals surface area (Å²) in [6, 6.07) is 8.86. The van der Waals surface area contributed by atoms with Crippen molar-refractivity contribution in [2.24, 2.45) is 0 Å². The monoisotopic (exact) mass is 484 g/mol. The summed E-state index contributed by atoms with van der Waals surface area (Å²) in [5.41, 5.74) is 0.528. The Bertz CT molecular complexity index is 858. The maximum Gasteiger partial charge on any atom is 0.325 e. The van der Waals surface area contributed by atoms with Gasteiger partial charge in [0, 0.05) is 4.47 Å². The molecule has 2 aromatic rings. The van der Waals surface area contributed by atoms with Gasteiger partial charge < -0.3 is 20.2 Å². The smallest absolute Gasteiger partial charge is 0.325 e. The number of aliphatic carboxylic acids is 1. The van der Waals surface area contributed by atoms with Crippen LogP contribution in [0, 0.1) is 0 Å². The third-order valence-electron chi connectivity index (χ3n) is 3.19. The number of hydrogen-bond donors (Lipinski definition) is 3. The molecular formula is C17H14Br2N2O5. The highest BCUT2D eigenvalue weighted by molar-refractivity contribution is 9.10. The summed E-state index contributed by atoms with van der Waals surface area (Å²) in [6.45, 7) is 1.32. The van der Waals surface area contributed by atoms with Crippen LogP contribution in [0.2, 0.25) is 0 Å². The predicted octanol–water partition coefficient (Wildman–Crippen LogP) is 3.16. The van der Waals surface area contributed by atoms with Crippen molar-refractivity contribution in [2.45, 2.75) is 13.0 Å². The van der Waals surface area contributed by atoms with Crippen LogP contribution in [-0.2, 0) is 9.59 Å². The minimum atomic E-state index is -1.19. The van der Waals surface area contributed by atoms with Gasteiger partial charge in [0.15, 0.2) is 10.4 Å². The van der Waals surface area contributed by atoms with Gasteiger partial charge in [0.05, 0.1) is 0 Å². The van der Waals surface area contributed by atoms with E-state index in [1.54, 1.807) is 30.3 Å². The van der Waals surface area contributed by atoms with Crippen molar-refractivity contribution in [3.8, 4) is 0 Å². The second-order valence-electron chi connectivity index (χ2n) is 5.20. The molecule has 0 aliphatic heterocycles. The molecule has 7 nitrogen and oxygen atoms in total. The Hall–Kier alpha value is -2.39. The number of carboxylic acids is 1. The first-order valence-electron chi connectivity index (χ1n) is 7.34. The number of amides is 2. The van der Waals surface area contributed by atoms with Gasteiger partial charge in [-0.3, -0.25) is 14.4 Å². The number of hydrogen-bond acceptors (Lipinski definition) is 4. The second-order valence-corrected chi connectivity index (χ2v) is 6.90. The van der Waals surface area contributed by atoms with Crippen LogP contribution in [0.3, 0.4) is 0 Å². The molecule has 0 radical (unpaired) electrons. The third kappa shape index (κ3) is 5.57. The fraction of sp³-hybridized carbons (Fsp3) is 0.118. The zero-order chi connectivity index (χ0) is 19.3. The summed E-state index contributed by atoms with van der Waals surface area (Å²) in [4.78, 5) is 35.6. The lowest BCUT2D eigenvalue weighted by Gasteiger charge is -2.13. The standard InChI is InChI=1S/C17H14Br2N2O5/c1-9(17(24)25)20-15(22)12(8-10-2-4-11(18)5-3-10)21-16(23)13-6-7-14(19)26-13/h2-9H,1H3,(H,20,22)(H,21,23)(H,24,25)/t9-/m0/s1. The molecule has 0 bridgehead atoms. The van der Waals surface area contributed by atoms with E-state index in [4.69, 9.17) is 9.52 Å². The van der Waals surface area contributed by atoms with Gasteiger partial charge in [-0.1, -0.05) is 28.1 Å². The lowest BCUT2D eigenvalue weighted by atomic mass is 10.2. The van der Waals surface area contributed by atoms with Gasteiger partial charge >= 0.3 is 5.97 Å². The van der Waals surface area contributed by atoms with E-state index in [0.29, 0.717) is 10.2 Å². The first-order chi connectivity index (χ1) is 12.3. The fourth-order valence-corrected chi connectivity index (χ4v) is 2.41. The van der Waals surface area contributed by atoms with Gasteiger partial charge in [-0.2, -0.15) is 0 Å². The Morgan fingerprint density at radius 2 is 1.77 bits per heavy atom. The molecule has 1 heterocycles. The van der Waals surface area contributed by atoms with Crippen LogP contribution >= 0.6 is 31.9 Å². The van der Waals surface area contributed by atoms with Crippen LogP contribution in [0.15, 0.2) is 55.7 Å². The number of benzene rings is 1. The molecule has 1 atom stereocenters. The summed E-state index contributed by atoms with van der Waals surface area (Å²) in [7, 11) is 0. The van der Waals surface area contributed by atoms with E-state index in [1.807, 2.05) is 0 Å². The molecule has 9 heteroatoms. The number of carboxylic acid groups (broad SMARTS) is 1. The van der Waals surface area contributed by atoms with Gasteiger partial charge in [-0.15, -0.1) is 0 Å². The van der Waals surface area contributed by atoms with Crippen LogP contribution in [0.25, 0.3) is 6.08 Å². The summed E-state index contributed by atoms with van der Waals surface area (Å²) in [6.07, 6.45) is 1.44. The van der Waals surface area contributed by atoms with Crippen LogP contribution < -0.4 is 10.6 Å². The molecular weight excluding hydrogens is 472 g/mol.